The molecular weight excluding hydrogens is 396 g/mol. The molecule has 5 nitrogen and oxygen atoms in total. The minimum atomic E-state index is -3.87. The van der Waals surface area contributed by atoms with Gasteiger partial charge < -0.3 is 5.32 Å². The van der Waals surface area contributed by atoms with Gasteiger partial charge in [-0.3, -0.25) is 9.10 Å². The van der Waals surface area contributed by atoms with Crippen LogP contribution in [0.3, 0.4) is 0 Å². The van der Waals surface area contributed by atoms with Gasteiger partial charge in [-0.2, -0.15) is 0 Å². The monoisotopic (exact) mass is 430 g/mol. The number of amides is 1. The van der Waals surface area contributed by atoms with Gasteiger partial charge in [0.25, 0.3) is 10.0 Å². The first kappa shape index (κ1) is 23.9. The molecule has 0 saturated carbocycles. The van der Waals surface area contributed by atoms with Crippen molar-refractivity contribution in [3.63, 3.8) is 0 Å². The fourth-order valence-corrected chi connectivity index (χ4v) is 4.85. The van der Waals surface area contributed by atoms with Gasteiger partial charge in [0.15, 0.2) is 0 Å². The van der Waals surface area contributed by atoms with Gasteiger partial charge in [-0.05, 0) is 49.9 Å². The van der Waals surface area contributed by atoms with Crippen LogP contribution < -0.4 is 9.62 Å². The van der Waals surface area contributed by atoms with Gasteiger partial charge >= 0.3 is 0 Å². The third kappa shape index (κ3) is 6.33. The molecule has 6 heteroatoms. The summed E-state index contributed by atoms with van der Waals surface area (Å²) in [7, 11) is -3.87. The number of anilines is 1. The molecule has 1 amide bonds. The van der Waals surface area contributed by atoms with Gasteiger partial charge in [0, 0.05) is 6.54 Å². The van der Waals surface area contributed by atoms with Gasteiger partial charge in [-0.25, -0.2) is 8.42 Å². The maximum absolute atomic E-state index is 13.4. The van der Waals surface area contributed by atoms with Crippen LogP contribution in [0.2, 0.25) is 0 Å². The summed E-state index contributed by atoms with van der Waals surface area (Å²) < 4.78 is 28.0. The molecule has 2 aromatic rings. The standard InChI is InChI=1S/C24H34N2O3S/c1-5-7-11-21(6-2)17-25-24(27)18-26(23-12-9-8-10-20(23)4)30(28,29)22-15-13-19(3)14-16-22/h8-10,12-16,21H,5-7,11,17-18H2,1-4H3,(H,25,27)/t21-/m1/s1. The second-order valence-corrected chi connectivity index (χ2v) is 9.69. The average molecular weight is 431 g/mol. The molecule has 1 atom stereocenters. The molecule has 0 heterocycles. The smallest absolute Gasteiger partial charge is 0.264 e. The molecule has 0 spiro atoms. The van der Waals surface area contributed by atoms with Crippen LogP contribution >= 0.6 is 0 Å². The summed E-state index contributed by atoms with van der Waals surface area (Å²) in [6, 6.07) is 13.9. The molecule has 0 aliphatic heterocycles. The Balaban J connectivity index is 2.26. The molecule has 0 aromatic heterocycles. The second kappa shape index (κ2) is 11.2. The highest BCUT2D eigenvalue weighted by atomic mass is 32.2. The molecule has 0 fully saturated rings. The summed E-state index contributed by atoms with van der Waals surface area (Å²) in [6.45, 7) is 8.36. The number of nitrogens with zero attached hydrogens (tertiary/aromatic N) is 1. The van der Waals surface area contributed by atoms with Gasteiger partial charge in [-0.15, -0.1) is 0 Å². The molecule has 0 saturated heterocycles. The third-order valence-electron chi connectivity index (χ3n) is 5.41. The minimum absolute atomic E-state index is 0.179. The van der Waals surface area contributed by atoms with E-state index in [4.69, 9.17) is 0 Å². The van der Waals surface area contributed by atoms with Crippen molar-refractivity contribution in [1.82, 2.24) is 5.32 Å². The number of unbranched alkanes of at least 4 members (excludes halogenated alkanes) is 1. The predicted molar refractivity (Wildman–Crippen MR) is 123 cm³/mol. The highest BCUT2D eigenvalue weighted by Gasteiger charge is 2.28. The number of aryl methyl sites for hydroxylation is 2. The number of carbonyl (C=O) groups is 1. The van der Waals surface area contributed by atoms with Gasteiger partial charge in [0.1, 0.15) is 6.54 Å². The van der Waals surface area contributed by atoms with E-state index in [2.05, 4.69) is 19.2 Å². The maximum atomic E-state index is 13.4. The Hall–Kier alpha value is -2.34. The van der Waals surface area contributed by atoms with E-state index in [1.54, 1.807) is 36.4 Å². The first-order valence-electron chi connectivity index (χ1n) is 10.7. The van der Waals surface area contributed by atoms with Crippen molar-refractivity contribution >= 4 is 21.6 Å². The fraction of sp³-hybridized carbons (Fsp3) is 0.458. The van der Waals surface area contributed by atoms with Crippen LogP contribution in [0.25, 0.3) is 0 Å². The maximum Gasteiger partial charge on any atom is 0.264 e. The quantitative estimate of drug-likeness (QED) is 0.555. The van der Waals surface area contributed by atoms with E-state index >= 15 is 0 Å². The zero-order valence-electron chi connectivity index (χ0n) is 18.5. The first-order chi connectivity index (χ1) is 14.3. The number of nitrogens with one attached hydrogen (secondary N) is 1. The van der Waals surface area contributed by atoms with E-state index in [0.717, 1.165) is 36.8 Å². The number of benzene rings is 2. The van der Waals surface area contributed by atoms with Crippen molar-refractivity contribution in [2.24, 2.45) is 5.92 Å². The Bertz CT molecular complexity index is 924. The number of hydrogen-bond acceptors (Lipinski definition) is 3. The zero-order chi connectivity index (χ0) is 22.1. The van der Waals surface area contributed by atoms with Crippen LogP contribution in [0.5, 0.6) is 0 Å². The summed E-state index contributed by atoms with van der Waals surface area (Å²) in [4.78, 5) is 12.9. The lowest BCUT2D eigenvalue weighted by Gasteiger charge is -2.26. The lowest BCUT2D eigenvalue weighted by Crippen LogP contribution is -2.42. The van der Waals surface area contributed by atoms with Crippen molar-refractivity contribution in [2.75, 3.05) is 17.4 Å². The van der Waals surface area contributed by atoms with Crippen LogP contribution in [-0.4, -0.2) is 27.4 Å². The lowest BCUT2D eigenvalue weighted by molar-refractivity contribution is -0.119. The van der Waals surface area contributed by atoms with E-state index in [0.29, 0.717) is 18.2 Å². The van der Waals surface area contributed by atoms with Gasteiger partial charge in [0.2, 0.25) is 5.91 Å². The van der Waals surface area contributed by atoms with Crippen LogP contribution in [0.4, 0.5) is 5.69 Å². The molecule has 0 aliphatic rings. The van der Waals surface area contributed by atoms with Crippen LogP contribution in [0.1, 0.15) is 50.7 Å². The molecule has 1 N–H and O–H groups in total. The zero-order valence-corrected chi connectivity index (χ0v) is 19.3. The second-order valence-electron chi connectivity index (χ2n) is 7.83. The third-order valence-corrected chi connectivity index (χ3v) is 7.19. The Kier molecular flexibility index (Phi) is 8.90. The molecular formula is C24H34N2O3S. The van der Waals surface area contributed by atoms with E-state index in [1.165, 1.54) is 4.31 Å². The Morgan fingerprint density at radius 2 is 1.70 bits per heavy atom. The van der Waals surface area contributed by atoms with E-state index in [-0.39, 0.29) is 17.3 Å². The van der Waals surface area contributed by atoms with Crippen molar-refractivity contribution in [3.8, 4) is 0 Å². The van der Waals surface area contributed by atoms with E-state index in [9.17, 15) is 13.2 Å². The average Bonchev–Trinajstić information content (AvgIpc) is 2.73. The van der Waals surface area contributed by atoms with Crippen molar-refractivity contribution in [3.05, 3.63) is 59.7 Å². The Labute approximate surface area is 181 Å². The Morgan fingerprint density at radius 3 is 2.30 bits per heavy atom. The molecule has 2 aromatic carbocycles. The molecule has 30 heavy (non-hydrogen) atoms. The summed E-state index contributed by atoms with van der Waals surface area (Å²) in [6.07, 6.45) is 4.31. The number of carbonyl (C=O) groups excluding carboxylic acids is 1. The van der Waals surface area contributed by atoms with Gasteiger partial charge in [0.05, 0.1) is 10.6 Å². The number of para-hydroxylation sites is 1. The van der Waals surface area contributed by atoms with Crippen LogP contribution in [0, 0.1) is 19.8 Å². The predicted octanol–water partition coefficient (Wildman–Crippen LogP) is 4.83. The molecule has 164 valence electrons. The molecule has 0 radical (unpaired) electrons. The van der Waals surface area contributed by atoms with Crippen molar-refractivity contribution in [2.45, 2.75) is 58.3 Å². The summed E-state index contributed by atoms with van der Waals surface area (Å²) in [5.74, 6) is 0.124. The van der Waals surface area contributed by atoms with Crippen molar-refractivity contribution < 1.29 is 13.2 Å². The van der Waals surface area contributed by atoms with Gasteiger partial charge in [-0.1, -0.05) is 69.0 Å². The first-order valence-corrected chi connectivity index (χ1v) is 12.1. The number of hydrogen-bond donors (Lipinski definition) is 1. The number of sulfonamides is 1. The normalized spacial score (nSPS) is 12.4. The van der Waals surface area contributed by atoms with Crippen molar-refractivity contribution in [1.29, 1.82) is 0 Å². The molecule has 2 rings (SSSR count). The van der Waals surface area contributed by atoms with Crippen LogP contribution in [0.15, 0.2) is 53.4 Å². The molecule has 0 unspecified atom stereocenters. The topological polar surface area (TPSA) is 66.5 Å². The summed E-state index contributed by atoms with van der Waals surface area (Å²) in [5, 5.41) is 2.95. The summed E-state index contributed by atoms with van der Waals surface area (Å²) >= 11 is 0. The fourth-order valence-electron chi connectivity index (χ4n) is 3.37. The summed E-state index contributed by atoms with van der Waals surface area (Å²) in [5.41, 5.74) is 2.30. The molecule has 0 aliphatic carbocycles. The SMILES string of the molecule is CCCC[C@@H](CC)CNC(=O)CN(c1ccccc1C)S(=O)(=O)c1ccc(C)cc1. The van der Waals surface area contributed by atoms with Crippen LogP contribution in [-0.2, 0) is 14.8 Å². The molecule has 0 bridgehead atoms. The largest absolute Gasteiger partial charge is 0.354 e. The highest BCUT2D eigenvalue weighted by Crippen LogP contribution is 2.26. The highest BCUT2D eigenvalue weighted by molar-refractivity contribution is 7.92. The minimum Gasteiger partial charge on any atom is -0.354 e. The van der Waals surface area contributed by atoms with E-state index in [1.807, 2.05) is 26.0 Å². The lowest BCUT2D eigenvalue weighted by atomic mass is 9.99. The Morgan fingerprint density at radius 1 is 1.03 bits per heavy atom. The number of rotatable bonds is 11. The van der Waals surface area contributed by atoms with E-state index < -0.39 is 10.0 Å².